The Labute approximate surface area is 93.7 Å². The van der Waals surface area contributed by atoms with Crippen molar-refractivity contribution in [3.63, 3.8) is 0 Å². The summed E-state index contributed by atoms with van der Waals surface area (Å²) in [5.41, 5.74) is 0. The van der Waals surface area contributed by atoms with Crippen molar-refractivity contribution in [1.82, 2.24) is 0 Å². The summed E-state index contributed by atoms with van der Waals surface area (Å²) < 4.78 is 0. The lowest BCUT2D eigenvalue weighted by Crippen LogP contribution is -2.27. The Morgan fingerprint density at radius 3 is 1.53 bits per heavy atom. The van der Waals surface area contributed by atoms with Crippen LogP contribution < -0.4 is 0 Å². The molecule has 0 aromatic carbocycles. The van der Waals surface area contributed by atoms with E-state index < -0.39 is 0 Å². The third-order valence-electron chi connectivity index (χ3n) is 3.70. The predicted molar refractivity (Wildman–Crippen MR) is 62.5 cm³/mol. The van der Waals surface area contributed by atoms with E-state index in [2.05, 4.69) is 20.8 Å². The maximum Gasteiger partial charge on any atom is 0.0465 e. The first-order valence-electron chi connectivity index (χ1n) is 6.31. The number of aliphatic hydroxyl groups is 2. The third kappa shape index (κ3) is 3.18. The van der Waals surface area contributed by atoms with Crippen molar-refractivity contribution < 1.29 is 10.2 Å². The van der Waals surface area contributed by atoms with E-state index in [9.17, 15) is 0 Å². The Balaban J connectivity index is 0.000000245. The Hall–Kier alpha value is -0.0800. The lowest BCUT2D eigenvalue weighted by Gasteiger charge is -2.27. The number of rotatable bonds is 2. The molecule has 2 fully saturated rings. The van der Waals surface area contributed by atoms with Gasteiger partial charge in [-0.05, 0) is 48.9 Å². The van der Waals surface area contributed by atoms with Crippen LogP contribution in [0.1, 0.15) is 40.0 Å². The van der Waals surface area contributed by atoms with Crippen molar-refractivity contribution in [3.8, 4) is 0 Å². The largest absolute Gasteiger partial charge is 0.396 e. The Morgan fingerprint density at radius 1 is 0.933 bits per heavy atom. The van der Waals surface area contributed by atoms with Crippen LogP contribution in [0.4, 0.5) is 0 Å². The fraction of sp³-hybridized carbons (Fsp3) is 1.00. The number of hydrogen-bond donors (Lipinski definition) is 2. The fourth-order valence-corrected chi connectivity index (χ4v) is 3.10. The van der Waals surface area contributed by atoms with Crippen LogP contribution in [-0.2, 0) is 0 Å². The van der Waals surface area contributed by atoms with Crippen molar-refractivity contribution in [2.24, 2.45) is 29.6 Å². The summed E-state index contributed by atoms with van der Waals surface area (Å²) in [6.07, 6.45) is 3.83. The van der Waals surface area contributed by atoms with E-state index in [0.29, 0.717) is 11.8 Å². The second-order valence-electron chi connectivity index (χ2n) is 5.76. The van der Waals surface area contributed by atoms with Gasteiger partial charge in [-0.15, -0.1) is 0 Å². The highest BCUT2D eigenvalue weighted by Crippen LogP contribution is 2.51. The van der Waals surface area contributed by atoms with Gasteiger partial charge >= 0.3 is 0 Å². The Kier molecular flexibility index (Phi) is 5.07. The number of hydrogen-bond acceptors (Lipinski definition) is 2. The van der Waals surface area contributed by atoms with Gasteiger partial charge < -0.3 is 10.2 Å². The summed E-state index contributed by atoms with van der Waals surface area (Å²) in [6.45, 7) is 7.07. The second kappa shape index (κ2) is 5.86. The maximum atomic E-state index is 9.08. The summed E-state index contributed by atoms with van der Waals surface area (Å²) in [6, 6.07) is 0. The fourth-order valence-electron chi connectivity index (χ4n) is 3.10. The van der Waals surface area contributed by atoms with Gasteiger partial charge in [0, 0.05) is 13.2 Å². The van der Waals surface area contributed by atoms with Crippen molar-refractivity contribution in [1.29, 1.82) is 0 Å². The van der Waals surface area contributed by atoms with Gasteiger partial charge in [-0.25, -0.2) is 0 Å². The van der Waals surface area contributed by atoms with Gasteiger partial charge in [-0.3, -0.25) is 0 Å². The molecule has 2 aliphatic carbocycles. The normalized spacial score (nSPS) is 38.0. The predicted octanol–water partition coefficient (Wildman–Crippen LogP) is 2.30. The summed E-state index contributed by atoms with van der Waals surface area (Å²) in [5.74, 6) is 3.11. The van der Waals surface area contributed by atoms with E-state index >= 15 is 0 Å². The van der Waals surface area contributed by atoms with Crippen LogP contribution >= 0.6 is 0 Å². The van der Waals surface area contributed by atoms with E-state index in [4.69, 9.17) is 10.2 Å². The van der Waals surface area contributed by atoms with Crippen molar-refractivity contribution in [2.75, 3.05) is 13.2 Å². The molecule has 2 aliphatic rings. The molecular weight excluding hydrogens is 188 g/mol. The molecule has 0 saturated heterocycles. The first-order chi connectivity index (χ1) is 7.10. The molecule has 0 amide bonds. The minimum Gasteiger partial charge on any atom is -0.396 e. The van der Waals surface area contributed by atoms with Gasteiger partial charge in [-0.1, -0.05) is 20.8 Å². The topological polar surface area (TPSA) is 40.5 Å². The molecule has 2 nitrogen and oxygen atoms in total. The minimum absolute atomic E-state index is 0.284. The zero-order valence-corrected chi connectivity index (χ0v) is 10.3. The van der Waals surface area contributed by atoms with Gasteiger partial charge in [0.1, 0.15) is 0 Å². The van der Waals surface area contributed by atoms with E-state index in [-0.39, 0.29) is 13.2 Å². The highest BCUT2D eigenvalue weighted by Gasteiger charge is 2.46. The Morgan fingerprint density at radius 2 is 1.27 bits per heavy atom. The molecular formula is C13H26O2. The molecule has 15 heavy (non-hydrogen) atoms. The third-order valence-corrected chi connectivity index (χ3v) is 3.70. The lowest BCUT2D eigenvalue weighted by molar-refractivity contribution is 0.0791. The van der Waals surface area contributed by atoms with E-state index in [1.165, 1.54) is 19.3 Å². The van der Waals surface area contributed by atoms with Crippen molar-refractivity contribution in [3.05, 3.63) is 0 Å². The molecule has 0 aliphatic heterocycles. The highest BCUT2D eigenvalue weighted by molar-refractivity contribution is 4.95. The summed E-state index contributed by atoms with van der Waals surface area (Å²) in [5, 5.41) is 18.2. The van der Waals surface area contributed by atoms with Crippen molar-refractivity contribution in [2.45, 2.75) is 40.0 Å². The van der Waals surface area contributed by atoms with Gasteiger partial charge in [0.25, 0.3) is 0 Å². The molecule has 0 aromatic rings. The van der Waals surface area contributed by atoms with Crippen LogP contribution in [0.15, 0.2) is 0 Å². The van der Waals surface area contributed by atoms with Gasteiger partial charge in [0.05, 0.1) is 0 Å². The molecule has 90 valence electrons. The first-order valence-corrected chi connectivity index (χ1v) is 6.31. The standard InChI is InChI=1S/C9H16O2.C4H10/c10-4-8-6-1-2-7(3-6)9(8)5-11;1-4(2)3/h6-11H,1-5H2;4H,1-3H3. The maximum absolute atomic E-state index is 9.08. The summed E-state index contributed by atoms with van der Waals surface area (Å²) >= 11 is 0. The molecule has 4 atom stereocenters. The van der Waals surface area contributed by atoms with Crippen LogP contribution in [0.25, 0.3) is 0 Å². The number of fused-ring (bicyclic) bond motifs is 2. The number of aliphatic hydroxyl groups excluding tert-OH is 2. The van der Waals surface area contributed by atoms with E-state index in [1.54, 1.807) is 0 Å². The zero-order valence-electron chi connectivity index (χ0n) is 10.3. The van der Waals surface area contributed by atoms with Crippen LogP contribution in [0.3, 0.4) is 0 Å². The van der Waals surface area contributed by atoms with Crippen LogP contribution in [0, 0.1) is 29.6 Å². The van der Waals surface area contributed by atoms with Gasteiger partial charge in [0.15, 0.2) is 0 Å². The smallest absolute Gasteiger partial charge is 0.0465 e. The van der Waals surface area contributed by atoms with E-state index in [1.807, 2.05) is 0 Å². The molecule has 2 rings (SSSR count). The van der Waals surface area contributed by atoms with Crippen LogP contribution in [0.5, 0.6) is 0 Å². The minimum atomic E-state index is 0.284. The molecule has 2 bridgehead atoms. The molecule has 2 N–H and O–H groups in total. The zero-order chi connectivity index (χ0) is 11.4. The molecule has 0 aromatic heterocycles. The van der Waals surface area contributed by atoms with Crippen LogP contribution in [-0.4, -0.2) is 23.4 Å². The highest BCUT2D eigenvalue weighted by atomic mass is 16.3. The molecule has 0 radical (unpaired) electrons. The quantitative estimate of drug-likeness (QED) is 0.740. The summed E-state index contributed by atoms with van der Waals surface area (Å²) in [7, 11) is 0. The van der Waals surface area contributed by atoms with E-state index in [0.717, 1.165) is 17.8 Å². The molecule has 2 saturated carbocycles. The molecule has 0 heterocycles. The Bertz CT molecular complexity index is 161. The molecule has 2 heteroatoms. The molecule has 4 unspecified atom stereocenters. The van der Waals surface area contributed by atoms with Gasteiger partial charge in [0.2, 0.25) is 0 Å². The average Bonchev–Trinajstić information content (AvgIpc) is 2.74. The van der Waals surface area contributed by atoms with Crippen molar-refractivity contribution >= 4 is 0 Å². The average molecular weight is 214 g/mol. The molecule has 0 spiro atoms. The SMILES string of the molecule is CC(C)C.OCC1C2CCC(C2)C1CO. The monoisotopic (exact) mass is 214 g/mol. The van der Waals surface area contributed by atoms with Crippen LogP contribution in [0.2, 0.25) is 0 Å². The lowest BCUT2D eigenvalue weighted by atomic mass is 9.80. The first kappa shape index (κ1) is 13.0. The van der Waals surface area contributed by atoms with Gasteiger partial charge in [-0.2, -0.15) is 0 Å². The second-order valence-corrected chi connectivity index (χ2v) is 5.76. The summed E-state index contributed by atoms with van der Waals surface area (Å²) in [4.78, 5) is 0.